The number of β-amino-alcohol motifs (C(OH)–C–C–N with tert-alkyl or cyclic N) is 1. The Bertz CT molecular complexity index is 1030. The molecule has 1 aliphatic heterocycles. The Balaban J connectivity index is 1.51. The lowest BCUT2D eigenvalue weighted by Crippen LogP contribution is -2.37. The molecule has 2 aromatic carbocycles. The van der Waals surface area contributed by atoms with E-state index in [0.29, 0.717) is 18.7 Å². The van der Waals surface area contributed by atoms with Gasteiger partial charge in [0.15, 0.2) is 5.78 Å². The van der Waals surface area contributed by atoms with E-state index in [0.717, 1.165) is 35.1 Å². The highest BCUT2D eigenvalue weighted by Crippen LogP contribution is 2.23. The molecule has 0 amide bonds. The normalized spacial score (nSPS) is 16.3. The molecule has 1 aliphatic rings. The van der Waals surface area contributed by atoms with E-state index in [9.17, 15) is 9.90 Å². The number of aliphatic hydroxyl groups is 1. The van der Waals surface area contributed by atoms with E-state index in [1.807, 2.05) is 55.6 Å². The van der Waals surface area contributed by atoms with E-state index in [1.165, 1.54) is 19.3 Å². The first-order valence-electron chi connectivity index (χ1n) is 10.9. The first-order valence-corrected chi connectivity index (χ1v) is 10.9. The molecule has 0 spiro atoms. The van der Waals surface area contributed by atoms with Crippen molar-refractivity contribution in [3.8, 4) is 0 Å². The molecular weight excluding hydrogens is 372 g/mol. The van der Waals surface area contributed by atoms with Gasteiger partial charge < -0.3 is 14.6 Å². The quantitative estimate of drug-likeness (QED) is 0.461. The number of benzene rings is 2. The number of ketones is 1. The molecule has 30 heavy (non-hydrogen) atoms. The highest BCUT2D eigenvalue weighted by molar-refractivity contribution is 6.07. The molecule has 4 nitrogen and oxygen atoms in total. The summed E-state index contributed by atoms with van der Waals surface area (Å²) in [6, 6.07) is 15.8. The number of nitrogens with zero attached hydrogens (tertiary/aromatic N) is 2. The van der Waals surface area contributed by atoms with Crippen molar-refractivity contribution in [2.24, 2.45) is 0 Å². The second kappa shape index (κ2) is 9.41. The van der Waals surface area contributed by atoms with Gasteiger partial charge >= 0.3 is 0 Å². The predicted molar refractivity (Wildman–Crippen MR) is 123 cm³/mol. The SMILES string of the molecule is Cc1ccc(C(=O)C=Cc2cn(CC(O)CN3CCCCC3)c3ccccc23)cc1. The Labute approximate surface area is 178 Å². The zero-order chi connectivity index (χ0) is 20.9. The topological polar surface area (TPSA) is 45.5 Å². The average Bonchev–Trinajstić information content (AvgIpc) is 3.10. The molecule has 1 aromatic heterocycles. The van der Waals surface area contributed by atoms with E-state index in [2.05, 4.69) is 21.6 Å². The van der Waals surface area contributed by atoms with E-state index in [1.54, 1.807) is 6.08 Å². The number of para-hydroxylation sites is 1. The van der Waals surface area contributed by atoms with Gasteiger partial charge in [0.1, 0.15) is 0 Å². The van der Waals surface area contributed by atoms with Crippen molar-refractivity contribution in [3.63, 3.8) is 0 Å². The Morgan fingerprint density at radius 1 is 1.03 bits per heavy atom. The molecule has 4 heteroatoms. The van der Waals surface area contributed by atoms with E-state index in [4.69, 9.17) is 0 Å². The molecule has 1 atom stereocenters. The number of allylic oxidation sites excluding steroid dienone is 1. The largest absolute Gasteiger partial charge is 0.390 e. The predicted octanol–water partition coefficient (Wildman–Crippen LogP) is 4.69. The summed E-state index contributed by atoms with van der Waals surface area (Å²) in [6.45, 7) is 5.44. The number of carbonyl (C=O) groups excluding carboxylic acids is 1. The minimum atomic E-state index is -0.412. The fourth-order valence-corrected chi connectivity index (χ4v) is 4.26. The van der Waals surface area contributed by atoms with Crippen molar-refractivity contribution in [2.45, 2.75) is 38.8 Å². The number of likely N-dealkylation sites (tertiary alicyclic amines) is 1. The first kappa shape index (κ1) is 20.6. The van der Waals surface area contributed by atoms with Crippen LogP contribution in [0.2, 0.25) is 0 Å². The van der Waals surface area contributed by atoms with Crippen LogP contribution in [0.4, 0.5) is 0 Å². The van der Waals surface area contributed by atoms with Crippen LogP contribution in [0.5, 0.6) is 0 Å². The monoisotopic (exact) mass is 402 g/mol. The van der Waals surface area contributed by atoms with Crippen LogP contribution in [0.1, 0.15) is 40.7 Å². The van der Waals surface area contributed by atoms with Crippen LogP contribution in [0, 0.1) is 6.92 Å². The van der Waals surface area contributed by atoms with Crippen molar-refractivity contribution in [3.05, 3.63) is 77.5 Å². The second-order valence-corrected chi connectivity index (χ2v) is 8.33. The zero-order valence-corrected chi connectivity index (χ0v) is 17.6. The van der Waals surface area contributed by atoms with Crippen LogP contribution in [-0.4, -0.2) is 46.1 Å². The van der Waals surface area contributed by atoms with Gasteiger partial charge in [-0.3, -0.25) is 4.79 Å². The van der Waals surface area contributed by atoms with Gasteiger partial charge in [-0.15, -0.1) is 0 Å². The summed E-state index contributed by atoms with van der Waals surface area (Å²) < 4.78 is 2.11. The van der Waals surface area contributed by atoms with Gasteiger partial charge in [-0.1, -0.05) is 54.4 Å². The van der Waals surface area contributed by atoms with Crippen LogP contribution >= 0.6 is 0 Å². The molecule has 1 unspecified atom stereocenters. The van der Waals surface area contributed by atoms with Gasteiger partial charge in [-0.05, 0) is 51.1 Å². The van der Waals surface area contributed by atoms with E-state index in [-0.39, 0.29) is 5.78 Å². The van der Waals surface area contributed by atoms with Gasteiger partial charge in [0.05, 0.1) is 6.10 Å². The maximum absolute atomic E-state index is 12.5. The first-order chi connectivity index (χ1) is 14.6. The molecule has 1 N–H and O–H groups in total. The summed E-state index contributed by atoms with van der Waals surface area (Å²) in [5.41, 5.74) is 3.91. The standard InChI is InChI=1S/C26H30N2O2/c1-20-9-11-21(12-10-20)26(30)14-13-22-17-28(25-8-4-3-7-24(22)25)19-23(29)18-27-15-5-2-6-16-27/h3-4,7-14,17,23,29H,2,5-6,15-16,18-19H2,1H3. The van der Waals surface area contributed by atoms with Crippen molar-refractivity contribution >= 4 is 22.8 Å². The lowest BCUT2D eigenvalue weighted by atomic mass is 10.1. The number of aromatic nitrogens is 1. The van der Waals surface area contributed by atoms with Crippen LogP contribution in [0.3, 0.4) is 0 Å². The number of piperidine rings is 1. The van der Waals surface area contributed by atoms with Gasteiger partial charge in [0, 0.05) is 41.3 Å². The fourth-order valence-electron chi connectivity index (χ4n) is 4.26. The maximum Gasteiger partial charge on any atom is 0.185 e. The minimum absolute atomic E-state index is 0.00281. The van der Waals surface area contributed by atoms with Crippen molar-refractivity contribution < 1.29 is 9.90 Å². The highest BCUT2D eigenvalue weighted by Gasteiger charge is 2.16. The molecule has 1 fully saturated rings. The van der Waals surface area contributed by atoms with Crippen molar-refractivity contribution in [1.82, 2.24) is 9.47 Å². The van der Waals surface area contributed by atoms with Crippen LogP contribution in [-0.2, 0) is 6.54 Å². The molecule has 3 aromatic rings. The van der Waals surface area contributed by atoms with Gasteiger partial charge in [-0.25, -0.2) is 0 Å². The summed E-state index contributed by atoms with van der Waals surface area (Å²) in [7, 11) is 0. The summed E-state index contributed by atoms with van der Waals surface area (Å²) in [5, 5.41) is 11.8. The Morgan fingerprint density at radius 3 is 2.53 bits per heavy atom. The van der Waals surface area contributed by atoms with Gasteiger partial charge in [-0.2, -0.15) is 0 Å². The summed E-state index contributed by atoms with van der Waals surface area (Å²) >= 11 is 0. The van der Waals surface area contributed by atoms with Gasteiger partial charge in [0.2, 0.25) is 0 Å². The van der Waals surface area contributed by atoms with E-state index < -0.39 is 6.10 Å². The number of aryl methyl sites for hydroxylation is 1. The van der Waals surface area contributed by atoms with Crippen LogP contribution in [0.15, 0.2) is 60.8 Å². The smallest absolute Gasteiger partial charge is 0.185 e. The molecule has 0 aliphatic carbocycles. The fraction of sp³-hybridized carbons (Fsp3) is 0.346. The number of rotatable bonds is 7. The number of hydrogen-bond acceptors (Lipinski definition) is 3. The summed E-state index contributed by atoms with van der Waals surface area (Å²) in [4.78, 5) is 14.9. The van der Waals surface area contributed by atoms with Crippen molar-refractivity contribution in [1.29, 1.82) is 0 Å². The molecule has 2 heterocycles. The van der Waals surface area contributed by atoms with Crippen LogP contribution in [0.25, 0.3) is 17.0 Å². The summed E-state index contributed by atoms with van der Waals surface area (Å²) in [6.07, 6.45) is 8.91. The number of aliphatic hydroxyl groups excluding tert-OH is 1. The van der Waals surface area contributed by atoms with Crippen LogP contribution < -0.4 is 0 Å². The molecule has 156 valence electrons. The average molecular weight is 403 g/mol. The molecule has 0 bridgehead atoms. The molecule has 1 saturated heterocycles. The lowest BCUT2D eigenvalue weighted by Gasteiger charge is -2.28. The third-order valence-corrected chi connectivity index (χ3v) is 5.89. The number of carbonyl (C=O) groups is 1. The molecular formula is C26H30N2O2. The third kappa shape index (κ3) is 4.89. The third-order valence-electron chi connectivity index (χ3n) is 5.89. The van der Waals surface area contributed by atoms with Crippen molar-refractivity contribution in [2.75, 3.05) is 19.6 Å². The highest BCUT2D eigenvalue weighted by atomic mass is 16.3. The number of hydrogen-bond donors (Lipinski definition) is 1. The van der Waals surface area contributed by atoms with E-state index >= 15 is 0 Å². The zero-order valence-electron chi connectivity index (χ0n) is 17.6. The minimum Gasteiger partial charge on any atom is -0.390 e. The maximum atomic E-state index is 12.5. The second-order valence-electron chi connectivity index (χ2n) is 8.33. The lowest BCUT2D eigenvalue weighted by molar-refractivity contribution is 0.0892. The Morgan fingerprint density at radius 2 is 1.77 bits per heavy atom. The van der Waals surface area contributed by atoms with Gasteiger partial charge in [0.25, 0.3) is 0 Å². The molecule has 4 rings (SSSR count). The Hall–Kier alpha value is -2.69. The molecule has 0 saturated carbocycles. The molecule has 0 radical (unpaired) electrons. The number of fused-ring (bicyclic) bond motifs is 1. The summed E-state index contributed by atoms with van der Waals surface area (Å²) in [5.74, 6) is -0.00281. The Kier molecular flexibility index (Phi) is 6.46.